The Labute approximate surface area is 195 Å². The first-order valence-corrected chi connectivity index (χ1v) is 12.4. The largest absolute Gasteiger partial charge is 0.492 e. The zero-order chi connectivity index (χ0) is 24.9. The summed E-state index contributed by atoms with van der Waals surface area (Å²) in [6.45, 7) is -1.63. The Morgan fingerprint density at radius 1 is 1.12 bits per heavy atom. The van der Waals surface area contributed by atoms with Crippen LogP contribution in [0.1, 0.15) is 41.0 Å². The van der Waals surface area contributed by atoms with Gasteiger partial charge in [0.25, 0.3) is 0 Å². The lowest BCUT2D eigenvalue weighted by Gasteiger charge is -2.32. The number of alkyl halides is 4. The van der Waals surface area contributed by atoms with Gasteiger partial charge in [0, 0.05) is 12.0 Å². The molecule has 0 bridgehead atoms. The van der Waals surface area contributed by atoms with E-state index < -0.39 is 47.6 Å². The van der Waals surface area contributed by atoms with E-state index in [9.17, 15) is 30.8 Å². The van der Waals surface area contributed by atoms with Crippen LogP contribution in [0.2, 0.25) is 0 Å². The first-order chi connectivity index (χ1) is 16.0. The van der Waals surface area contributed by atoms with Crippen LogP contribution < -0.4 is 5.73 Å². The van der Waals surface area contributed by atoms with Crippen LogP contribution in [0.25, 0.3) is 0 Å². The molecule has 11 heteroatoms. The molecular formula is C23H26F4N2O4S. The van der Waals surface area contributed by atoms with Gasteiger partial charge in [-0.15, -0.1) is 0 Å². The summed E-state index contributed by atoms with van der Waals surface area (Å²) in [6.07, 6.45) is -3.72. The summed E-state index contributed by atoms with van der Waals surface area (Å²) in [6, 6.07) is 14.6. The van der Waals surface area contributed by atoms with Crippen molar-refractivity contribution < 1.29 is 35.6 Å². The Morgan fingerprint density at radius 3 is 2.47 bits per heavy atom. The van der Waals surface area contributed by atoms with E-state index in [4.69, 9.17) is 5.73 Å². The van der Waals surface area contributed by atoms with E-state index in [2.05, 4.69) is 4.84 Å². The average Bonchev–Trinajstić information content (AvgIpc) is 2.79. The Kier molecular flexibility index (Phi) is 8.32. The number of rotatable bonds is 9. The quantitative estimate of drug-likeness (QED) is 0.416. The highest BCUT2D eigenvalue weighted by atomic mass is 32.2. The van der Waals surface area contributed by atoms with Crippen molar-refractivity contribution in [2.45, 2.75) is 50.4 Å². The van der Waals surface area contributed by atoms with E-state index in [-0.39, 0.29) is 16.4 Å². The minimum Gasteiger partial charge on any atom is -0.345 e. The first-order valence-electron chi connectivity index (χ1n) is 10.8. The number of carbonyl (C=O) groups excluding carboxylic acids is 1. The van der Waals surface area contributed by atoms with Crippen LogP contribution in [-0.2, 0) is 39.0 Å². The summed E-state index contributed by atoms with van der Waals surface area (Å²) in [5.41, 5.74) is 9.68. The van der Waals surface area contributed by atoms with Crippen molar-refractivity contribution >= 4 is 16.0 Å². The van der Waals surface area contributed by atoms with E-state index in [0.717, 1.165) is 23.1 Å². The molecule has 0 aliphatic heterocycles. The van der Waals surface area contributed by atoms with Crippen LogP contribution >= 0.6 is 0 Å². The summed E-state index contributed by atoms with van der Waals surface area (Å²) >= 11 is 0. The van der Waals surface area contributed by atoms with Crippen molar-refractivity contribution in [2.24, 2.45) is 5.73 Å². The number of hydrogen-bond acceptors (Lipinski definition) is 5. The monoisotopic (exact) mass is 502 g/mol. The number of halogens is 4. The Hall–Kier alpha value is -2.50. The van der Waals surface area contributed by atoms with Gasteiger partial charge in [-0.1, -0.05) is 48.5 Å². The lowest BCUT2D eigenvalue weighted by molar-refractivity contribution is -0.223. The van der Waals surface area contributed by atoms with E-state index in [0.29, 0.717) is 18.4 Å². The van der Waals surface area contributed by atoms with Crippen LogP contribution in [0.5, 0.6) is 0 Å². The molecule has 0 radical (unpaired) electrons. The maximum Gasteiger partial charge on any atom is 0.492 e. The summed E-state index contributed by atoms with van der Waals surface area (Å²) in [5, 5.41) is 0. The molecule has 0 amide bonds. The molecular weight excluding hydrogens is 476 g/mol. The number of aryl methyl sites for hydroxylation is 1. The van der Waals surface area contributed by atoms with E-state index >= 15 is 0 Å². The van der Waals surface area contributed by atoms with Crippen molar-refractivity contribution in [3.8, 4) is 0 Å². The number of carbonyl (C=O) groups is 1. The highest BCUT2D eigenvalue weighted by molar-refractivity contribution is 7.88. The van der Waals surface area contributed by atoms with Gasteiger partial charge in [0.2, 0.25) is 10.0 Å². The highest BCUT2D eigenvalue weighted by Crippen LogP contribution is 2.35. The lowest BCUT2D eigenvalue weighted by Crippen LogP contribution is -2.39. The topological polar surface area (TPSA) is 89.7 Å². The summed E-state index contributed by atoms with van der Waals surface area (Å²) in [5.74, 6) is -3.56. The molecule has 1 aliphatic rings. The van der Waals surface area contributed by atoms with Gasteiger partial charge >= 0.3 is 12.1 Å². The number of hydrogen-bond donors (Lipinski definition) is 1. The molecule has 2 aromatic rings. The fraction of sp³-hybridized carbons (Fsp3) is 0.435. The second-order valence-electron chi connectivity index (χ2n) is 8.23. The van der Waals surface area contributed by atoms with Crippen molar-refractivity contribution in [1.29, 1.82) is 0 Å². The van der Waals surface area contributed by atoms with Gasteiger partial charge in [-0.2, -0.15) is 13.2 Å². The first kappa shape index (κ1) is 26.1. The fourth-order valence-electron chi connectivity index (χ4n) is 4.02. The number of nitrogens with zero attached hydrogens (tertiary/aromatic N) is 1. The maximum atomic E-state index is 12.7. The zero-order valence-corrected chi connectivity index (χ0v) is 19.1. The van der Waals surface area contributed by atoms with Gasteiger partial charge in [0.15, 0.2) is 0 Å². The average molecular weight is 503 g/mol. The highest BCUT2D eigenvalue weighted by Gasteiger charge is 2.44. The SMILES string of the molecule is NC1CCc2ccc(CN(OC(=O)C(F)(F)F)S(=O)(=O)CCCF)cc2C1Cc1ccccc1. The summed E-state index contributed by atoms with van der Waals surface area (Å²) in [4.78, 5) is 15.6. The third-order valence-corrected chi connectivity index (χ3v) is 7.37. The molecule has 0 spiro atoms. The Morgan fingerprint density at radius 2 is 1.82 bits per heavy atom. The summed E-state index contributed by atoms with van der Waals surface area (Å²) < 4.78 is 75.8. The second kappa shape index (κ2) is 10.8. The molecule has 186 valence electrons. The van der Waals surface area contributed by atoms with Crippen LogP contribution in [-0.4, -0.2) is 43.5 Å². The molecule has 2 N–H and O–H groups in total. The number of nitrogens with two attached hydrogens (primary N) is 1. The van der Waals surface area contributed by atoms with Gasteiger partial charge in [0.1, 0.15) is 0 Å². The predicted molar refractivity (Wildman–Crippen MR) is 118 cm³/mol. The van der Waals surface area contributed by atoms with Crippen LogP contribution in [0.4, 0.5) is 17.6 Å². The van der Waals surface area contributed by atoms with Gasteiger partial charge < -0.3 is 10.6 Å². The number of sulfonamides is 1. The predicted octanol–water partition coefficient (Wildman–Crippen LogP) is 3.80. The molecule has 3 rings (SSSR count). The Bertz CT molecular complexity index is 1090. The minimum absolute atomic E-state index is 0.00479. The smallest absolute Gasteiger partial charge is 0.345 e. The zero-order valence-electron chi connectivity index (χ0n) is 18.3. The third kappa shape index (κ3) is 6.55. The second-order valence-corrected chi connectivity index (χ2v) is 10.2. The minimum atomic E-state index is -5.39. The van der Waals surface area contributed by atoms with Crippen LogP contribution in [0.15, 0.2) is 48.5 Å². The molecule has 0 heterocycles. The third-order valence-electron chi connectivity index (χ3n) is 5.75. The van der Waals surface area contributed by atoms with E-state index in [1.807, 2.05) is 30.3 Å². The fourth-order valence-corrected chi connectivity index (χ4v) is 5.22. The molecule has 0 aromatic heterocycles. The van der Waals surface area contributed by atoms with E-state index in [1.54, 1.807) is 18.2 Å². The van der Waals surface area contributed by atoms with Crippen molar-refractivity contribution in [3.63, 3.8) is 0 Å². The maximum absolute atomic E-state index is 12.7. The van der Waals surface area contributed by atoms with Crippen molar-refractivity contribution in [1.82, 2.24) is 4.47 Å². The molecule has 34 heavy (non-hydrogen) atoms. The molecule has 0 fully saturated rings. The summed E-state index contributed by atoms with van der Waals surface area (Å²) in [7, 11) is -4.51. The Balaban J connectivity index is 1.90. The van der Waals surface area contributed by atoms with Crippen LogP contribution in [0.3, 0.4) is 0 Å². The van der Waals surface area contributed by atoms with Gasteiger partial charge in [-0.3, -0.25) is 4.39 Å². The number of benzene rings is 2. The van der Waals surface area contributed by atoms with Crippen LogP contribution in [0, 0.1) is 0 Å². The van der Waals surface area contributed by atoms with Crippen molar-refractivity contribution in [3.05, 3.63) is 70.8 Å². The van der Waals surface area contributed by atoms with Gasteiger partial charge in [-0.25, -0.2) is 13.2 Å². The molecule has 0 saturated carbocycles. The molecule has 2 unspecified atom stereocenters. The molecule has 2 aromatic carbocycles. The standard InChI is InChI=1S/C23H26F4N2O4S/c24-11-4-12-34(31,32)29(33-22(30)23(25,26)27)15-17-7-8-18-9-10-21(28)20(19(18)14-17)13-16-5-2-1-3-6-16/h1-3,5-8,14,20-21H,4,9-13,15,28H2. The molecule has 6 nitrogen and oxygen atoms in total. The normalized spacial score (nSPS) is 18.5. The number of fused-ring (bicyclic) bond motifs is 1. The van der Waals surface area contributed by atoms with Gasteiger partial charge in [-0.05, 0) is 52.4 Å². The van der Waals surface area contributed by atoms with Crippen molar-refractivity contribution in [2.75, 3.05) is 12.4 Å². The molecule has 2 atom stereocenters. The van der Waals surface area contributed by atoms with Gasteiger partial charge in [0.05, 0.1) is 19.0 Å². The molecule has 1 aliphatic carbocycles. The molecule has 0 saturated heterocycles. The lowest BCUT2D eigenvalue weighted by atomic mass is 9.76. The number of hydroxylamine groups is 1. The van der Waals surface area contributed by atoms with E-state index in [1.165, 1.54) is 0 Å².